The molecule has 32 heavy (non-hydrogen) atoms. The van der Waals surface area contributed by atoms with Crippen LogP contribution in [0.2, 0.25) is 0 Å². The predicted octanol–water partition coefficient (Wildman–Crippen LogP) is 3.14. The maximum absolute atomic E-state index is 13.7. The van der Waals surface area contributed by atoms with Crippen LogP contribution in [0.4, 0.5) is 0 Å². The smallest absolute Gasteiger partial charge is 0.254 e. The number of piperazine rings is 1. The number of amides is 2. The average molecular weight is 432 g/mol. The van der Waals surface area contributed by atoms with Crippen molar-refractivity contribution in [3.63, 3.8) is 0 Å². The third kappa shape index (κ3) is 2.97. The van der Waals surface area contributed by atoms with Crippen LogP contribution in [-0.2, 0) is 21.5 Å². The first-order valence-corrected chi connectivity index (χ1v) is 11.4. The first-order chi connectivity index (χ1) is 15.5. The van der Waals surface area contributed by atoms with Crippen LogP contribution in [0.1, 0.15) is 48.6 Å². The Morgan fingerprint density at radius 2 is 1.88 bits per heavy atom. The van der Waals surface area contributed by atoms with Crippen molar-refractivity contribution in [1.82, 2.24) is 14.8 Å². The average Bonchev–Trinajstić information content (AvgIpc) is 3.21. The SMILES string of the molecule is CCc1ccc(C2CN3C(=O)CN(CCCO)C(=O)[C@]3(C)c3[nH]c4ccccc4c32)cc1. The van der Waals surface area contributed by atoms with Crippen molar-refractivity contribution in [1.29, 1.82) is 0 Å². The summed E-state index contributed by atoms with van der Waals surface area (Å²) in [4.78, 5) is 33.9. The fourth-order valence-corrected chi connectivity index (χ4v) is 5.40. The molecule has 0 bridgehead atoms. The van der Waals surface area contributed by atoms with Gasteiger partial charge in [0.15, 0.2) is 5.54 Å². The lowest BCUT2D eigenvalue weighted by Gasteiger charge is -2.51. The number of carbonyl (C=O) groups excluding carboxylic acids is 2. The Balaban J connectivity index is 1.70. The molecule has 2 atom stereocenters. The molecule has 0 aliphatic carbocycles. The summed E-state index contributed by atoms with van der Waals surface area (Å²) in [7, 11) is 0. The normalized spacial score (nSPS) is 22.9. The molecule has 2 N–H and O–H groups in total. The van der Waals surface area contributed by atoms with E-state index in [4.69, 9.17) is 0 Å². The van der Waals surface area contributed by atoms with Crippen molar-refractivity contribution in [3.8, 4) is 0 Å². The van der Waals surface area contributed by atoms with Crippen LogP contribution in [0.3, 0.4) is 0 Å². The molecular weight excluding hydrogens is 402 g/mol. The van der Waals surface area contributed by atoms with Gasteiger partial charge in [0.05, 0.1) is 12.2 Å². The molecule has 0 radical (unpaired) electrons. The van der Waals surface area contributed by atoms with Gasteiger partial charge in [-0.25, -0.2) is 0 Å². The van der Waals surface area contributed by atoms with Gasteiger partial charge in [-0.2, -0.15) is 0 Å². The number of benzene rings is 2. The van der Waals surface area contributed by atoms with Gasteiger partial charge in [-0.3, -0.25) is 9.59 Å². The van der Waals surface area contributed by atoms with Crippen LogP contribution >= 0.6 is 0 Å². The molecule has 1 fully saturated rings. The van der Waals surface area contributed by atoms with E-state index in [9.17, 15) is 14.7 Å². The summed E-state index contributed by atoms with van der Waals surface area (Å²) in [6.45, 7) is 4.90. The van der Waals surface area contributed by atoms with E-state index >= 15 is 0 Å². The molecule has 2 aliphatic heterocycles. The van der Waals surface area contributed by atoms with Gasteiger partial charge in [0, 0.05) is 36.5 Å². The molecule has 1 saturated heterocycles. The largest absolute Gasteiger partial charge is 0.396 e. The fraction of sp³-hybridized carbons (Fsp3) is 0.385. The van der Waals surface area contributed by atoms with Gasteiger partial charge in [-0.1, -0.05) is 49.4 Å². The topological polar surface area (TPSA) is 76.6 Å². The molecule has 6 heteroatoms. The minimum absolute atomic E-state index is 0.00807. The van der Waals surface area contributed by atoms with E-state index in [0.29, 0.717) is 19.5 Å². The molecule has 0 spiro atoms. The molecular formula is C26H29N3O3. The lowest BCUT2D eigenvalue weighted by atomic mass is 9.76. The van der Waals surface area contributed by atoms with E-state index in [1.807, 2.05) is 25.1 Å². The second-order valence-electron chi connectivity index (χ2n) is 8.99. The van der Waals surface area contributed by atoms with Crippen molar-refractivity contribution in [2.45, 2.75) is 38.1 Å². The number of aliphatic hydroxyl groups is 1. The summed E-state index contributed by atoms with van der Waals surface area (Å²) in [6.07, 6.45) is 1.44. The van der Waals surface area contributed by atoms with Crippen molar-refractivity contribution in [2.24, 2.45) is 0 Å². The quantitative estimate of drug-likeness (QED) is 0.652. The van der Waals surface area contributed by atoms with E-state index in [1.54, 1.807) is 9.80 Å². The predicted molar refractivity (Wildman–Crippen MR) is 123 cm³/mol. The van der Waals surface area contributed by atoms with Crippen LogP contribution in [0.25, 0.3) is 10.9 Å². The number of hydrogen-bond acceptors (Lipinski definition) is 3. The minimum Gasteiger partial charge on any atom is -0.396 e. The van der Waals surface area contributed by atoms with E-state index in [1.165, 1.54) is 5.56 Å². The molecule has 0 saturated carbocycles. The van der Waals surface area contributed by atoms with Crippen LogP contribution in [0.5, 0.6) is 0 Å². The van der Waals surface area contributed by atoms with Crippen molar-refractivity contribution in [2.75, 3.05) is 26.2 Å². The first-order valence-electron chi connectivity index (χ1n) is 11.4. The Hall–Kier alpha value is -3.12. The van der Waals surface area contributed by atoms with Gasteiger partial charge >= 0.3 is 0 Å². The zero-order chi connectivity index (χ0) is 22.5. The Morgan fingerprint density at radius 1 is 1.12 bits per heavy atom. The van der Waals surface area contributed by atoms with E-state index in [0.717, 1.165) is 34.1 Å². The molecule has 6 nitrogen and oxygen atoms in total. The maximum atomic E-state index is 13.7. The summed E-state index contributed by atoms with van der Waals surface area (Å²) in [6, 6.07) is 16.7. The van der Waals surface area contributed by atoms with Crippen LogP contribution in [0, 0.1) is 0 Å². The number of hydrogen-bond donors (Lipinski definition) is 2. The van der Waals surface area contributed by atoms with E-state index in [-0.39, 0.29) is 30.9 Å². The third-order valence-electron chi connectivity index (χ3n) is 7.19. The maximum Gasteiger partial charge on any atom is 0.254 e. The number of nitrogens with zero attached hydrogens (tertiary/aromatic N) is 2. The number of aromatic amines is 1. The number of carbonyl (C=O) groups is 2. The molecule has 3 heterocycles. The number of nitrogens with one attached hydrogen (secondary N) is 1. The monoisotopic (exact) mass is 431 g/mol. The van der Waals surface area contributed by atoms with Gasteiger partial charge in [-0.05, 0) is 42.5 Å². The van der Waals surface area contributed by atoms with Gasteiger partial charge < -0.3 is 19.9 Å². The molecule has 2 amide bonds. The van der Waals surface area contributed by atoms with Crippen molar-refractivity contribution < 1.29 is 14.7 Å². The van der Waals surface area contributed by atoms with Gasteiger partial charge in [0.25, 0.3) is 5.91 Å². The number of aryl methyl sites for hydroxylation is 1. The fourth-order valence-electron chi connectivity index (χ4n) is 5.40. The lowest BCUT2D eigenvalue weighted by Crippen LogP contribution is -2.67. The van der Waals surface area contributed by atoms with Gasteiger partial charge in [0.1, 0.15) is 0 Å². The summed E-state index contributed by atoms with van der Waals surface area (Å²) in [5.74, 6) is -0.150. The highest BCUT2D eigenvalue weighted by Gasteiger charge is 2.56. The highest BCUT2D eigenvalue weighted by molar-refractivity contribution is 6.01. The zero-order valence-electron chi connectivity index (χ0n) is 18.6. The standard InChI is InChI=1S/C26H29N3O3/c1-3-17-9-11-18(12-10-17)20-15-29-22(31)16-28(13-6-14-30)25(32)26(29,2)24-23(20)19-7-4-5-8-21(19)27-24/h4-5,7-12,20,27,30H,3,6,13-16H2,1-2H3/t20?,26-/m0/s1. The third-order valence-corrected chi connectivity index (χ3v) is 7.19. The highest BCUT2D eigenvalue weighted by atomic mass is 16.3. The number of para-hydroxylation sites is 1. The van der Waals surface area contributed by atoms with Crippen LogP contribution in [-0.4, -0.2) is 57.9 Å². The zero-order valence-corrected chi connectivity index (χ0v) is 18.6. The number of aromatic nitrogens is 1. The molecule has 1 unspecified atom stereocenters. The second kappa shape index (κ2) is 7.78. The lowest BCUT2D eigenvalue weighted by molar-refractivity contribution is -0.166. The van der Waals surface area contributed by atoms with Crippen LogP contribution in [0.15, 0.2) is 48.5 Å². The van der Waals surface area contributed by atoms with Gasteiger partial charge in [0.2, 0.25) is 5.91 Å². The summed E-state index contributed by atoms with van der Waals surface area (Å²) >= 11 is 0. The minimum atomic E-state index is -1.08. The highest BCUT2D eigenvalue weighted by Crippen LogP contribution is 2.48. The molecule has 3 aromatic rings. The first kappa shape index (κ1) is 20.8. The Bertz CT molecular complexity index is 1180. The van der Waals surface area contributed by atoms with Crippen LogP contribution < -0.4 is 0 Å². The van der Waals surface area contributed by atoms with Crippen molar-refractivity contribution in [3.05, 3.63) is 70.9 Å². The molecule has 166 valence electrons. The molecule has 1 aromatic heterocycles. The number of H-pyrrole nitrogens is 1. The number of aliphatic hydroxyl groups excluding tert-OH is 1. The molecule has 2 aliphatic rings. The summed E-state index contributed by atoms with van der Waals surface area (Å²) in [5, 5.41) is 10.4. The summed E-state index contributed by atoms with van der Waals surface area (Å²) in [5.41, 5.74) is 4.23. The van der Waals surface area contributed by atoms with Gasteiger partial charge in [-0.15, -0.1) is 0 Å². The Labute approximate surface area is 187 Å². The molecule has 2 aromatic carbocycles. The van der Waals surface area contributed by atoms with E-state index in [2.05, 4.69) is 42.2 Å². The Morgan fingerprint density at radius 3 is 2.59 bits per heavy atom. The number of rotatable bonds is 5. The molecule has 5 rings (SSSR count). The van der Waals surface area contributed by atoms with E-state index < -0.39 is 5.54 Å². The summed E-state index contributed by atoms with van der Waals surface area (Å²) < 4.78 is 0. The second-order valence-corrected chi connectivity index (χ2v) is 8.99. The Kier molecular flexibility index (Phi) is 5.05. The van der Waals surface area contributed by atoms with Crippen molar-refractivity contribution >= 4 is 22.7 Å². The number of fused-ring (bicyclic) bond motifs is 5.